The van der Waals surface area contributed by atoms with Crippen LogP contribution in [0.15, 0.2) is 47.4 Å². The molecule has 1 fully saturated rings. The number of aryl methyl sites for hydroxylation is 2. The Labute approximate surface area is 146 Å². The Morgan fingerprint density at radius 1 is 1.32 bits per heavy atom. The number of amides is 1. The normalized spacial score (nSPS) is 17.4. The molecule has 25 heavy (non-hydrogen) atoms. The molecule has 0 spiro atoms. The molecule has 1 aliphatic rings. The van der Waals surface area contributed by atoms with Gasteiger partial charge in [-0.15, -0.1) is 0 Å². The molecule has 1 aromatic carbocycles. The standard InChI is InChI=1S/C19H22N2O4/c1-14-10-16(22)18(11-20(14)2)25-13-19(23)21-8-9-24-17(12-21)15-6-4-3-5-7-15/h3-7,10-11,17H,8-9,12-13H2,1-2H3/t17-/m0/s1. The first kappa shape index (κ1) is 17.2. The highest BCUT2D eigenvalue weighted by atomic mass is 16.5. The molecule has 6 nitrogen and oxygen atoms in total. The molecule has 0 bridgehead atoms. The van der Waals surface area contributed by atoms with Gasteiger partial charge in [0.05, 0.1) is 13.2 Å². The van der Waals surface area contributed by atoms with Crippen molar-refractivity contribution in [3.63, 3.8) is 0 Å². The van der Waals surface area contributed by atoms with Gasteiger partial charge in [-0.3, -0.25) is 9.59 Å². The van der Waals surface area contributed by atoms with Crippen LogP contribution < -0.4 is 10.2 Å². The summed E-state index contributed by atoms with van der Waals surface area (Å²) < 4.78 is 13.0. The summed E-state index contributed by atoms with van der Waals surface area (Å²) in [6, 6.07) is 11.3. The smallest absolute Gasteiger partial charge is 0.260 e. The van der Waals surface area contributed by atoms with Gasteiger partial charge in [0.2, 0.25) is 5.43 Å². The van der Waals surface area contributed by atoms with E-state index >= 15 is 0 Å². The lowest BCUT2D eigenvalue weighted by molar-refractivity contribution is -0.141. The predicted octanol–water partition coefficient (Wildman–Crippen LogP) is 1.67. The van der Waals surface area contributed by atoms with Crippen LogP contribution in [0.25, 0.3) is 0 Å². The predicted molar refractivity (Wildman–Crippen MR) is 93.6 cm³/mol. The Kier molecular flexibility index (Phi) is 5.19. The van der Waals surface area contributed by atoms with E-state index in [1.54, 1.807) is 15.7 Å². The van der Waals surface area contributed by atoms with Crippen LogP contribution in [0, 0.1) is 6.92 Å². The van der Waals surface area contributed by atoms with Crippen molar-refractivity contribution in [2.24, 2.45) is 7.05 Å². The highest BCUT2D eigenvalue weighted by molar-refractivity contribution is 5.78. The number of hydrogen-bond donors (Lipinski definition) is 0. The molecular formula is C19H22N2O4. The average molecular weight is 342 g/mol. The van der Waals surface area contributed by atoms with Gasteiger partial charge in [0, 0.05) is 31.5 Å². The Morgan fingerprint density at radius 3 is 2.84 bits per heavy atom. The topological polar surface area (TPSA) is 60.8 Å². The second kappa shape index (κ2) is 7.53. The maximum Gasteiger partial charge on any atom is 0.260 e. The maximum atomic E-state index is 12.4. The molecular weight excluding hydrogens is 320 g/mol. The monoisotopic (exact) mass is 342 g/mol. The zero-order chi connectivity index (χ0) is 17.8. The van der Waals surface area contributed by atoms with Gasteiger partial charge < -0.3 is 18.9 Å². The van der Waals surface area contributed by atoms with Crippen LogP contribution in [0.1, 0.15) is 17.4 Å². The van der Waals surface area contributed by atoms with E-state index in [0.29, 0.717) is 19.7 Å². The van der Waals surface area contributed by atoms with E-state index in [1.807, 2.05) is 44.3 Å². The summed E-state index contributed by atoms with van der Waals surface area (Å²) in [5.74, 6) is 0.0428. The van der Waals surface area contributed by atoms with Gasteiger partial charge >= 0.3 is 0 Å². The third-order valence-corrected chi connectivity index (χ3v) is 4.39. The minimum Gasteiger partial charge on any atom is -0.478 e. The zero-order valence-corrected chi connectivity index (χ0v) is 14.5. The average Bonchev–Trinajstić information content (AvgIpc) is 2.64. The lowest BCUT2D eigenvalue weighted by atomic mass is 10.1. The molecule has 2 heterocycles. The molecule has 1 saturated heterocycles. The van der Waals surface area contributed by atoms with Crippen molar-refractivity contribution in [1.82, 2.24) is 9.47 Å². The lowest BCUT2D eigenvalue weighted by Gasteiger charge is -2.33. The van der Waals surface area contributed by atoms with Crippen molar-refractivity contribution < 1.29 is 14.3 Å². The quantitative estimate of drug-likeness (QED) is 0.848. The second-order valence-electron chi connectivity index (χ2n) is 6.15. The largest absolute Gasteiger partial charge is 0.478 e. The Hall–Kier alpha value is -2.60. The molecule has 3 rings (SSSR count). The van der Waals surface area contributed by atoms with Crippen molar-refractivity contribution in [2.45, 2.75) is 13.0 Å². The molecule has 1 aromatic heterocycles. The Balaban J connectivity index is 1.61. The molecule has 0 aliphatic carbocycles. The molecule has 0 radical (unpaired) electrons. The number of hydrogen-bond acceptors (Lipinski definition) is 4. The van der Waals surface area contributed by atoms with Crippen molar-refractivity contribution in [3.8, 4) is 5.75 Å². The van der Waals surface area contributed by atoms with Crippen molar-refractivity contribution in [1.29, 1.82) is 0 Å². The number of carbonyl (C=O) groups excluding carboxylic acids is 1. The fraction of sp³-hybridized carbons (Fsp3) is 0.368. The highest BCUT2D eigenvalue weighted by Crippen LogP contribution is 2.22. The second-order valence-corrected chi connectivity index (χ2v) is 6.15. The summed E-state index contributed by atoms with van der Waals surface area (Å²) in [7, 11) is 1.83. The summed E-state index contributed by atoms with van der Waals surface area (Å²) in [4.78, 5) is 26.1. The van der Waals surface area contributed by atoms with Crippen LogP contribution in [0.2, 0.25) is 0 Å². The van der Waals surface area contributed by atoms with Gasteiger partial charge in [0.15, 0.2) is 12.4 Å². The number of pyridine rings is 1. The van der Waals surface area contributed by atoms with E-state index in [9.17, 15) is 9.59 Å². The molecule has 2 aromatic rings. The number of morpholine rings is 1. The number of nitrogens with zero attached hydrogens (tertiary/aromatic N) is 2. The Bertz CT molecular complexity index is 801. The summed E-state index contributed by atoms with van der Waals surface area (Å²) in [5, 5.41) is 0. The molecule has 1 amide bonds. The molecule has 132 valence electrons. The molecule has 0 unspecified atom stereocenters. The van der Waals surface area contributed by atoms with Crippen LogP contribution in [-0.4, -0.2) is 41.7 Å². The first-order chi connectivity index (χ1) is 12.0. The number of aromatic nitrogens is 1. The minimum absolute atomic E-state index is 0.133. The van der Waals surface area contributed by atoms with Gasteiger partial charge in [0.1, 0.15) is 6.10 Å². The third kappa shape index (κ3) is 4.09. The van der Waals surface area contributed by atoms with Crippen molar-refractivity contribution >= 4 is 5.91 Å². The van der Waals surface area contributed by atoms with E-state index in [4.69, 9.17) is 9.47 Å². The lowest BCUT2D eigenvalue weighted by Crippen LogP contribution is -2.44. The minimum atomic E-state index is -0.215. The number of benzene rings is 1. The van der Waals surface area contributed by atoms with Crippen LogP contribution in [0.3, 0.4) is 0 Å². The van der Waals surface area contributed by atoms with Gasteiger partial charge in [-0.25, -0.2) is 0 Å². The maximum absolute atomic E-state index is 12.4. The van der Waals surface area contributed by atoms with Crippen LogP contribution in [-0.2, 0) is 16.6 Å². The van der Waals surface area contributed by atoms with Gasteiger partial charge in [-0.1, -0.05) is 30.3 Å². The first-order valence-electron chi connectivity index (χ1n) is 8.29. The van der Waals surface area contributed by atoms with Gasteiger partial charge in [0.25, 0.3) is 5.91 Å². The van der Waals surface area contributed by atoms with Crippen LogP contribution >= 0.6 is 0 Å². The fourth-order valence-electron chi connectivity index (χ4n) is 2.79. The number of rotatable bonds is 4. The van der Waals surface area contributed by atoms with Crippen LogP contribution in [0.5, 0.6) is 5.75 Å². The summed E-state index contributed by atoms with van der Waals surface area (Å²) in [5.41, 5.74) is 1.67. The summed E-state index contributed by atoms with van der Waals surface area (Å²) >= 11 is 0. The van der Waals surface area contributed by atoms with Crippen LogP contribution in [0.4, 0.5) is 0 Å². The molecule has 0 N–H and O–H groups in total. The van der Waals surface area contributed by atoms with E-state index in [2.05, 4.69) is 0 Å². The molecule has 6 heteroatoms. The van der Waals surface area contributed by atoms with Gasteiger partial charge in [-0.05, 0) is 12.5 Å². The van der Waals surface area contributed by atoms with E-state index < -0.39 is 0 Å². The summed E-state index contributed by atoms with van der Waals surface area (Å²) in [6.07, 6.45) is 1.47. The molecule has 0 saturated carbocycles. The van der Waals surface area contributed by atoms with E-state index in [0.717, 1.165) is 11.3 Å². The SMILES string of the molecule is Cc1cc(=O)c(OCC(=O)N2CCO[C@H](c3ccccc3)C2)cn1C. The van der Waals surface area contributed by atoms with Crippen molar-refractivity contribution in [3.05, 3.63) is 64.1 Å². The molecule has 1 aliphatic heterocycles. The molecule has 1 atom stereocenters. The number of carbonyl (C=O) groups is 1. The first-order valence-corrected chi connectivity index (χ1v) is 8.29. The van der Waals surface area contributed by atoms with E-state index in [1.165, 1.54) is 6.07 Å². The third-order valence-electron chi connectivity index (χ3n) is 4.39. The zero-order valence-electron chi connectivity index (χ0n) is 14.5. The van der Waals surface area contributed by atoms with Gasteiger partial charge in [-0.2, -0.15) is 0 Å². The van der Waals surface area contributed by atoms with Crippen molar-refractivity contribution in [2.75, 3.05) is 26.3 Å². The fourth-order valence-corrected chi connectivity index (χ4v) is 2.79. The Morgan fingerprint density at radius 2 is 2.08 bits per heavy atom. The van der Waals surface area contributed by atoms with E-state index in [-0.39, 0.29) is 29.8 Å². The number of ether oxygens (including phenoxy) is 2. The summed E-state index contributed by atoms with van der Waals surface area (Å²) in [6.45, 7) is 3.18. The highest BCUT2D eigenvalue weighted by Gasteiger charge is 2.25.